The molecule has 0 spiro atoms. The van der Waals surface area contributed by atoms with Crippen LogP contribution in [0.3, 0.4) is 0 Å². The molecule has 1 amide bonds. The highest BCUT2D eigenvalue weighted by Gasteiger charge is 2.33. The summed E-state index contributed by atoms with van der Waals surface area (Å²) in [6.45, 7) is 0.353. The summed E-state index contributed by atoms with van der Waals surface area (Å²) >= 11 is 0. The van der Waals surface area contributed by atoms with Gasteiger partial charge in [0.05, 0.1) is 18.0 Å². The molecule has 0 atom stereocenters. The van der Waals surface area contributed by atoms with E-state index in [1.54, 1.807) is 12.1 Å². The largest absolute Gasteiger partial charge is 0.301 e. The van der Waals surface area contributed by atoms with E-state index in [0.29, 0.717) is 17.1 Å². The number of sulfonamides is 1. The minimum atomic E-state index is -3.50. The summed E-state index contributed by atoms with van der Waals surface area (Å²) < 4.78 is 26.9. The van der Waals surface area contributed by atoms with E-state index in [0.717, 1.165) is 11.1 Å². The fraction of sp³-hybridized carbons (Fsp3) is 0.143. The van der Waals surface area contributed by atoms with Crippen LogP contribution < -0.4 is 5.32 Å². The van der Waals surface area contributed by atoms with E-state index in [1.807, 2.05) is 48.5 Å². The molecule has 4 rings (SSSR count). The Bertz CT molecular complexity index is 1190. The van der Waals surface area contributed by atoms with E-state index in [4.69, 9.17) is 0 Å². The maximum absolute atomic E-state index is 12.7. The van der Waals surface area contributed by atoms with Crippen LogP contribution in [0, 0.1) is 11.8 Å². The summed E-state index contributed by atoms with van der Waals surface area (Å²) in [5.41, 5.74) is 2.79. The van der Waals surface area contributed by atoms with Crippen molar-refractivity contribution in [2.45, 2.75) is 18.8 Å². The molecule has 1 aliphatic rings. The third kappa shape index (κ3) is 4.37. The number of nitrogens with zero attached hydrogens (tertiary/aromatic N) is 2. The lowest BCUT2D eigenvalue weighted by Crippen LogP contribution is -2.27. The minimum Gasteiger partial charge on any atom is -0.298 e. The smallest absolute Gasteiger partial charge is 0.298 e. The Labute approximate surface area is 168 Å². The number of benzene rings is 2. The van der Waals surface area contributed by atoms with Gasteiger partial charge in [-0.3, -0.25) is 15.2 Å². The van der Waals surface area contributed by atoms with Gasteiger partial charge in [-0.25, -0.2) is 8.42 Å². The fourth-order valence-corrected chi connectivity index (χ4v) is 4.52. The second-order valence-corrected chi connectivity index (χ2v) is 8.58. The number of nitrogens with one attached hydrogen (secondary N) is 2. The molecule has 8 heteroatoms. The van der Waals surface area contributed by atoms with E-state index in [9.17, 15) is 13.2 Å². The Morgan fingerprint density at radius 3 is 2.48 bits per heavy atom. The number of hydrogen-bond acceptors (Lipinski definition) is 4. The molecule has 1 aromatic heterocycles. The van der Waals surface area contributed by atoms with Crippen molar-refractivity contribution in [3.05, 3.63) is 83.0 Å². The number of fused-ring (bicyclic) bond motifs is 1. The average molecular weight is 406 g/mol. The fourth-order valence-electron chi connectivity index (χ4n) is 3.08. The van der Waals surface area contributed by atoms with E-state index < -0.39 is 15.9 Å². The van der Waals surface area contributed by atoms with Gasteiger partial charge in [0.25, 0.3) is 0 Å². The van der Waals surface area contributed by atoms with Gasteiger partial charge in [0, 0.05) is 23.6 Å². The Kier molecular flexibility index (Phi) is 5.16. The highest BCUT2D eigenvalue weighted by atomic mass is 32.2. The first-order chi connectivity index (χ1) is 14.0. The van der Waals surface area contributed by atoms with Crippen LogP contribution in [0.2, 0.25) is 0 Å². The third-order valence-corrected chi connectivity index (χ3v) is 6.28. The molecule has 7 nitrogen and oxygen atoms in total. The van der Waals surface area contributed by atoms with Gasteiger partial charge in [-0.05, 0) is 17.7 Å². The average Bonchev–Trinajstić information content (AvgIpc) is 3.30. The number of H-pyrrole nitrogens is 1. The van der Waals surface area contributed by atoms with Crippen molar-refractivity contribution in [3.63, 3.8) is 0 Å². The second-order valence-electron chi connectivity index (χ2n) is 6.61. The van der Waals surface area contributed by atoms with E-state index in [2.05, 4.69) is 27.4 Å². The number of aromatic nitrogens is 2. The van der Waals surface area contributed by atoms with Gasteiger partial charge in [0.2, 0.25) is 10.0 Å². The predicted molar refractivity (Wildman–Crippen MR) is 109 cm³/mol. The van der Waals surface area contributed by atoms with Gasteiger partial charge in [0.15, 0.2) is 5.82 Å². The first-order valence-corrected chi connectivity index (χ1v) is 10.6. The SMILES string of the molecule is O=C(C#Cc1ccccc1)Nc1n[nH]c2c1CN(S(=O)(=O)Cc1ccccc1)C2. The zero-order valence-corrected chi connectivity index (χ0v) is 16.2. The van der Waals surface area contributed by atoms with Crippen LogP contribution in [0.25, 0.3) is 0 Å². The number of amides is 1. The normalized spacial score (nSPS) is 13.4. The molecule has 2 aromatic carbocycles. The molecule has 3 aromatic rings. The van der Waals surface area contributed by atoms with E-state index >= 15 is 0 Å². The van der Waals surface area contributed by atoms with Crippen molar-refractivity contribution in [1.82, 2.24) is 14.5 Å². The molecule has 2 heterocycles. The van der Waals surface area contributed by atoms with Crippen LogP contribution in [0.1, 0.15) is 22.4 Å². The van der Waals surface area contributed by atoms with Crippen LogP contribution in [-0.2, 0) is 33.7 Å². The van der Waals surface area contributed by atoms with Gasteiger partial charge >= 0.3 is 5.91 Å². The first-order valence-electron chi connectivity index (χ1n) is 8.97. The van der Waals surface area contributed by atoms with Crippen molar-refractivity contribution >= 4 is 21.7 Å². The van der Waals surface area contributed by atoms with Crippen molar-refractivity contribution in [1.29, 1.82) is 0 Å². The van der Waals surface area contributed by atoms with Gasteiger partial charge in [-0.2, -0.15) is 9.40 Å². The molecule has 2 N–H and O–H groups in total. The molecule has 146 valence electrons. The Morgan fingerprint density at radius 1 is 1.07 bits per heavy atom. The molecule has 29 heavy (non-hydrogen) atoms. The highest BCUT2D eigenvalue weighted by molar-refractivity contribution is 7.88. The van der Waals surface area contributed by atoms with Crippen molar-refractivity contribution in [3.8, 4) is 11.8 Å². The maximum Gasteiger partial charge on any atom is 0.301 e. The molecule has 0 saturated carbocycles. The van der Waals surface area contributed by atoms with E-state index in [1.165, 1.54) is 4.31 Å². The third-order valence-electron chi connectivity index (χ3n) is 4.53. The Morgan fingerprint density at radius 2 is 1.76 bits per heavy atom. The van der Waals surface area contributed by atoms with Crippen LogP contribution in [0.15, 0.2) is 60.7 Å². The molecule has 0 bridgehead atoms. The Balaban J connectivity index is 1.44. The molecule has 0 radical (unpaired) electrons. The molecular formula is C21H18N4O3S. The minimum absolute atomic E-state index is 0.0736. The van der Waals surface area contributed by atoms with Crippen molar-refractivity contribution < 1.29 is 13.2 Å². The van der Waals surface area contributed by atoms with Gasteiger partial charge in [-0.1, -0.05) is 54.5 Å². The second kappa shape index (κ2) is 7.91. The zero-order valence-electron chi connectivity index (χ0n) is 15.4. The lowest BCUT2D eigenvalue weighted by molar-refractivity contribution is -0.111. The molecule has 1 aliphatic heterocycles. The standard InChI is InChI=1S/C21H18N4O3S/c26-20(12-11-16-7-3-1-4-8-16)22-21-18-13-25(14-19(18)23-24-21)29(27,28)15-17-9-5-2-6-10-17/h1-10H,13-15H2,(H2,22,23,24,26). The number of anilines is 1. The molecule has 0 fully saturated rings. The molecule has 0 saturated heterocycles. The summed E-state index contributed by atoms with van der Waals surface area (Å²) in [7, 11) is -3.50. The first kappa shape index (κ1) is 18.9. The lowest BCUT2D eigenvalue weighted by Gasteiger charge is -2.16. The summed E-state index contributed by atoms with van der Waals surface area (Å²) in [4.78, 5) is 12.1. The number of aromatic amines is 1. The Hall–Kier alpha value is -3.41. The van der Waals surface area contributed by atoms with Gasteiger partial charge in [-0.15, -0.1) is 0 Å². The summed E-state index contributed by atoms with van der Waals surface area (Å²) in [5, 5.41) is 9.54. The zero-order chi connectivity index (χ0) is 20.3. The van der Waals surface area contributed by atoms with E-state index in [-0.39, 0.29) is 18.8 Å². The lowest BCUT2D eigenvalue weighted by atomic mass is 10.2. The van der Waals surface area contributed by atoms with Crippen LogP contribution in [-0.4, -0.2) is 28.8 Å². The van der Waals surface area contributed by atoms with Gasteiger partial charge < -0.3 is 0 Å². The number of carbonyl (C=O) groups excluding carboxylic acids is 1. The van der Waals surface area contributed by atoms with Crippen LogP contribution in [0.4, 0.5) is 5.82 Å². The van der Waals surface area contributed by atoms with Crippen LogP contribution in [0.5, 0.6) is 0 Å². The highest BCUT2D eigenvalue weighted by Crippen LogP contribution is 2.30. The molecular weight excluding hydrogens is 388 g/mol. The molecule has 0 unspecified atom stereocenters. The van der Waals surface area contributed by atoms with Crippen molar-refractivity contribution in [2.75, 3.05) is 5.32 Å². The summed E-state index contributed by atoms with van der Waals surface area (Å²) in [6, 6.07) is 18.2. The quantitative estimate of drug-likeness (QED) is 0.650. The molecule has 0 aliphatic carbocycles. The van der Waals surface area contributed by atoms with Crippen molar-refractivity contribution in [2.24, 2.45) is 0 Å². The summed E-state index contributed by atoms with van der Waals surface area (Å²) in [5.74, 6) is 5.03. The monoisotopic (exact) mass is 406 g/mol. The number of carbonyl (C=O) groups is 1. The number of hydrogen-bond donors (Lipinski definition) is 2. The predicted octanol–water partition coefficient (Wildman–Crippen LogP) is 2.25. The van der Waals surface area contributed by atoms with Crippen LogP contribution >= 0.6 is 0 Å². The maximum atomic E-state index is 12.7. The summed E-state index contributed by atoms with van der Waals surface area (Å²) in [6.07, 6.45) is 0. The number of rotatable bonds is 4. The topological polar surface area (TPSA) is 95.2 Å². The van der Waals surface area contributed by atoms with Gasteiger partial charge in [0.1, 0.15) is 0 Å².